The van der Waals surface area contributed by atoms with Gasteiger partial charge < -0.3 is 29.4 Å². The van der Waals surface area contributed by atoms with E-state index in [0.717, 1.165) is 57.1 Å². The second-order valence-corrected chi connectivity index (χ2v) is 11.1. The number of nitrogens with one attached hydrogen (secondary N) is 2. The minimum atomic E-state index is -4.30. The number of fused-ring (bicyclic) bond motifs is 1. The minimum Gasteiger partial charge on any atom is -0.506 e. The van der Waals surface area contributed by atoms with Gasteiger partial charge in [-0.1, -0.05) is 49.6 Å². The molecular weight excluding hydrogens is 550 g/mol. The predicted octanol–water partition coefficient (Wildman–Crippen LogP) is 2.75. The summed E-state index contributed by atoms with van der Waals surface area (Å²) in [6.07, 6.45) is 5.93. The van der Waals surface area contributed by atoms with E-state index in [-0.39, 0.29) is 17.7 Å². The Labute approximate surface area is 239 Å². The molecule has 12 heteroatoms. The van der Waals surface area contributed by atoms with Crippen molar-refractivity contribution in [3.8, 4) is 5.75 Å². The quantitative estimate of drug-likeness (QED) is 0.139. The van der Waals surface area contributed by atoms with Gasteiger partial charge in [-0.05, 0) is 61.1 Å². The number of carbonyl (C=O) groups is 1. The third-order valence-corrected chi connectivity index (χ3v) is 6.97. The van der Waals surface area contributed by atoms with Crippen molar-refractivity contribution in [3.63, 3.8) is 0 Å². The number of pyridine rings is 1. The summed E-state index contributed by atoms with van der Waals surface area (Å²) in [5.74, 6) is -0.939. The van der Waals surface area contributed by atoms with E-state index < -0.39 is 22.4 Å². The van der Waals surface area contributed by atoms with Crippen LogP contribution in [-0.4, -0.2) is 55.9 Å². The number of rotatable bonds is 18. The van der Waals surface area contributed by atoms with E-state index in [4.69, 9.17) is 9.88 Å². The van der Waals surface area contributed by atoms with Gasteiger partial charge in [0.25, 0.3) is 0 Å². The molecule has 3 rings (SSSR count). The van der Waals surface area contributed by atoms with Crippen LogP contribution in [0.4, 0.5) is 0 Å². The van der Waals surface area contributed by atoms with Crippen LogP contribution in [0, 0.1) is 0 Å². The lowest BCUT2D eigenvalue weighted by Gasteiger charge is -2.15. The highest BCUT2D eigenvalue weighted by atomic mass is 32.2. The van der Waals surface area contributed by atoms with Crippen LogP contribution in [0.5, 0.6) is 5.75 Å². The topological polar surface area (TPSA) is 181 Å². The number of phenols is 1. The molecular formula is C29H39N3O8S. The molecule has 41 heavy (non-hydrogen) atoms. The molecule has 3 aromatic rings. The van der Waals surface area contributed by atoms with E-state index in [2.05, 4.69) is 14.5 Å². The maximum absolute atomic E-state index is 11.6. The van der Waals surface area contributed by atoms with Crippen molar-refractivity contribution in [1.29, 1.82) is 0 Å². The lowest BCUT2D eigenvalue weighted by Crippen LogP contribution is -2.22. The van der Waals surface area contributed by atoms with Crippen LogP contribution in [0.25, 0.3) is 10.9 Å². The largest absolute Gasteiger partial charge is 0.506 e. The van der Waals surface area contributed by atoms with Gasteiger partial charge in [0.1, 0.15) is 5.75 Å². The zero-order chi connectivity index (χ0) is 29.7. The monoisotopic (exact) mass is 589 g/mol. The van der Waals surface area contributed by atoms with Crippen LogP contribution in [-0.2, 0) is 36.9 Å². The van der Waals surface area contributed by atoms with Crippen LogP contribution < -0.4 is 16.0 Å². The normalized spacial score (nSPS) is 12.4. The fourth-order valence-electron chi connectivity index (χ4n) is 4.58. The average Bonchev–Trinajstić information content (AvgIpc) is 2.90. The van der Waals surface area contributed by atoms with Gasteiger partial charge in [-0.15, -0.1) is 0 Å². The summed E-state index contributed by atoms with van der Waals surface area (Å²) in [7, 11) is -4.30. The average molecular weight is 590 g/mol. The first-order valence-electron chi connectivity index (χ1n) is 13.8. The SMILES string of the molecule is NS(=O)(=O)OC(=O)Cc1cccc(CCCOCCCCCCCNC[C@H](O)c2ccc(O)c3[nH]c(=O)ccc23)c1. The van der Waals surface area contributed by atoms with Gasteiger partial charge in [-0.2, -0.15) is 13.6 Å². The minimum absolute atomic E-state index is 0.0255. The van der Waals surface area contributed by atoms with Crippen molar-refractivity contribution >= 4 is 27.2 Å². The van der Waals surface area contributed by atoms with Gasteiger partial charge in [0.15, 0.2) is 0 Å². The molecule has 0 spiro atoms. The van der Waals surface area contributed by atoms with Gasteiger partial charge in [0.2, 0.25) is 5.56 Å². The lowest BCUT2D eigenvalue weighted by atomic mass is 10.0. The number of aromatic amines is 1. The van der Waals surface area contributed by atoms with Crippen molar-refractivity contribution < 1.29 is 32.3 Å². The van der Waals surface area contributed by atoms with Crippen LogP contribution in [0.2, 0.25) is 0 Å². The van der Waals surface area contributed by atoms with Crippen LogP contribution in [0.3, 0.4) is 0 Å². The maximum atomic E-state index is 11.6. The molecule has 0 saturated carbocycles. The molecule has 0 aliphatic rings. The first-order chi connectivity index (χ1) is 19.6. The molecule has 0 radical (unpaired) electrons. The molecule has 0 amide bonds. The third-order valence-electron chi connectivity index (χ3n) is 6.55. The highest BCUT2D eigenvalue weighted by Crippen LogP contribution is 2.28. The Bertz CT molecular complexity index is 1440. The Morgan fingerprint density at radius 2 is 1.71 bits per heavy atom. The number of benzene rings is 2. The van der Waals surface area contributed by atoms with Gasteiger partial charge in [0.05, 0.1) is 18.0 Å². The molecule has 2 aromatic carbocycles. The highest BCUT2D eigenvalue weighted by Gasteiger charge is 2.14. The van der Waals surface area contributed by atoms with Gasteiger partial charge in [0, 0.05) is 31.2 Å². The molecule has 0 unspecified atom stereocenters. The van der Waals surface area contributed by atoms with E-state index in [0.29, 0.717) is 41.8 Å². The molecule has 224 valence electrons. The van der Waals surface area contributed by atoms with E-state index >= 15 is 0 Å². The molecule has 0 saturated heterocycles. The standard InChI is InChI=1S/C29H39N3O8S/c30-41(37,38)40-28(36)19-22-9-6-8-21(18-22)10-7-17-39-16-5-3-1-2-4-15-31-20-26(34)23-11-13-25(33)29-24(23)12-14-27(35)32-29/h6,8-9,11-14,18,26,31,33-34H,1-5,7,10,15-17,19-20H2,(H,32,35)(H2,30,37,38)/t26-/m0/s1. The number of nitrogens with two attached hydrogens (primary N) is 1. The number of H-pyrrole nitrogens is 1. The highest BCUT2D eigenvalue weighted by molar-refractivity contribution is 7.84. The number of aromatic hydroxyl groups is 1. The van der Waals surface area contributed by atoms with E-state index in [1.165, 1.54) is 12.1 Å². The van der Waals surface area contributed by atoms with Crippen molar-refractivity contribution in [3.05, 3.63) is 75.6 Å². The summed E-state index contributed by atoms with van der Waals surface area (Å²) < 4.78 is 31.6. The first kappa shape index (κ1) is 32.2. The molecule has 6 N–H and O–H groups in total. The number of unbranched alkanes of at least 4 members (excludes halogenated alkanes) is 4. The molecule has 11 nitrogen and oxygen atoms in total. The maximum Gasteiger partial charge on any atom is 0.382 e. The molecule has 0 fully saturated rings. The summed E-state index contributed by atoms with van der Waals surface area (Å²) >= 11 is 0. The predicted molar refractivity (Wildman–Crippen MR) is 156 cm³/mol. The first-order valence-corrected chi connectivity index (χ1v) is 15.2. The lowest BCUT2D eigenvalue weighted by molar-refractivity contribution is -0.133. The summed E-state index contributed by atoms with van der Waals surface area (Å²) in [6, 6.07) is 13.5. The Morgan fingerprint density at radius 1 is 0.976 bits per heavy atom. The number of carbonyl (C=O) groups excluding carboxylic acids is 1. The van der Waals surface area contributed by atoms with Crippen LogP contribution in [0.1, 0.15) is 61.3 Å². The Hall–Kier alpha value is -3.29. The number of hydrogen-bond acceptors (Lipinski definition) is 9. The number of aryl methyl sites for hydroxylation is 1. The molecule has 1 heterocycles. The zero-order valence-electron chi connectivity index (χ0n) is 23.0. The summed E-state index contributed by atoms with van der Waals surface area (Å²) in [5, 5.41) is 29.2. The smallest absolute Gasteiger partial charge is 0.382 e. The Balaban J connectivity index is 1.19. The Morgan fingerprint density at radius 3 is 2.51 bits per heavy atom. The summed E-state index contributed by atoms with van der Waals surface area (Å²) in [4.78, 5) is 25.8. The number of aliphatic hydroxyl groups excluding tert-OH is 1. The van der Waals surface area contributed by atoms with E-state index in [1.807, 2.05) is 18.2 Å². The Kier molecular flexibility index (Phi) is 12.8. The molecule has 1 aromatic heterocycles. The van der Waals surface area contributed by atoms with Crippen molar-refractivity contribution in [2.75, 3.05) is 26.3 Å². The van der Waals surface area contributed by atoms with E-state index in [9.17, 15) is 28.2 Å². The molecule has 0 aliphatic heterocycles. The van der Waals surface area contributed by atoms with E-state index in [1.54, 1.807) is 18.2 Å². The summed E-state index contributed by atoms with van der Waals surface area (Å²) in [5.41, 5.74) is 2.36. The van der Waals surface area contributed by atoms with Crippen LogP contribution in [0.15, 0.2) is 53.3 Å². The second-order valence-electron chi connectivity index (χ2n) is 9.93. The number of hydrogen-bond donors (Lipinski definition) is 5. The number of aromatic nitrogens is 1. The van der Waals surface area contributed by atoms with Crippen molar-refractivity contribution in [2.45, 2.75) is 57.5 Å². The van der Waals surface area contributed by atoms with Gasteiger partial charge in [-0.3, -0.25) is 9.59 Å². The van der Waals surface area contributed by atoms with Crippen LogP contribution >= 0.6 is 0 Å². The van der Waals surface area contributed by atoms with Gasteiger partial charge in [-0.25, -0.2) is 0 Å². The fourth-order valence-corrected chi connectivity index (χ4v) is 4.90. The zero-order valence-corrected chi connectivity index (χ0v) is 23.8. The second kappa shape index (κ2) is 16.2. The fraction of sp³-hybridized carbons (Fsp3) is 0.448. The van der Waals surface area contributed by atoms with Gasteiger partial charge >= 0.3 is 16.3 Å². The van der Waals surface area contributed by atoms with Crippen molar-refractivity contribution in [1.82, 2.24) is 10.3 Å². The molecule has 0 aliphatic carbocycles. The summed E-state index contributed by atoms with van der Waals surface area (Å²) in [6.45, 7) is 2.50. The van der Waals surface area contributed by atoms with Crippen molar-refractivity contribution in [2.24, 2.45) is 5.14 Å². The molecule has 1 atom stereocenters. The number of phenolic OH excluding ortho intramolecular Hbond substituents is 1. The number of ether oxygens (including phenoxy) is 1. The number of aliphatic hydroxyl groups is 1. The third kappa shape index (κ3) is 11.6. The molecule has 0 bridgehead atoms.